The fraction of sp³-hybridized carbons (Fsp3) is 0.300. The Morgan fingerprint density at radius 3 is 2.52 bits per heavy atom. The monoisotopic (exact) mass is 432 g/mol. The average Bonchev–Trinajstić information content (AvgIpc) is 3.07. The molecule has 0 bridgehead atoms. The van der Waals surface area contributed by atoms with Crippen molar-refractivity contribution in [2.75, 3.05) is 12.3 Å². The molecule has 0 aliphatic carbocycles. The van der Waals surface area contributed by atoms with Gasteiger partial charge >= 0.3 is 0 Å². The maximum atomic E-state index is 12.7. The predicted molar refractivity (Wildman–Crippen MR) is 115 cm³/mol. The van der Waals surface area contributed by atoms with E-state index in [2.05, 4.69) is 4.98 Å². The van der Waals surface area contributed by atoms with Gasteiger partial charge < -0.3 is 9.47 Å². The zero-order chi connectivity index (χ0) is 21.0. The minimum atomic E-state index is -3.79. The summed E-state index contributed by atoms with van der Waals surface area (Å²) in [5.41, 5.74) is 2.44. The molecule has 3 rings (SSSR count). The first-order valence-electron chi connectivity index (χ1n) is 9.31. The molecule has 3 aromatic rings. The van der Waals surface area contributed by atoms with Gasteiger partial charge in [0.2, 0.25) is 15.9 Å². The van der Waals surface area contributed by atoms with Crippen LogP contribution in [0.25, 0.3) is 11.0 Å². The lowest BCUT2D eigenvalue weighted by molar-refractivity contribution is -0.128. The highest BCUT2D eigenvalue weighted by molar-refractivity contribution is 7.99. The van der Waals surface area contributed by atoms with Gasteiger partial charge in [0.15, 0.2) is 5.16 Å². The molecule has 7 nitrogen and oxygen atoms in total. The number of hydrogen-bond acceptors (Lipinski definition) is 5. The lowest BCUT2D eigenvalue weighted by Crippen LogP contribution is -2.31. The van der Waals surface area contributed by atoms with Crippen molar-refractivity contribution < 1.29 is 13.2 Å². The SMILES string of the molecule is CCN(Cc1ccccc1)C(=O)CSc1nc2cc(S(N)(=O)=O)ccc2n1CC. The lowest BCUT2D eigenvalue weighted by atomic mass is 10.2. The number of thioether (sulfide) groups is 1. The van der Waals surface area contributed by atoms with Crippen LogP contribution in [0.5, 0.6) is 0 Å². The quantitative estimate of drug-likeness (QED) is 0.552. The average molecular weight is 433 g/mol. The van der Waals surface area contributed by atoms with Crippen LogP contribution in [0.3, 0.4) is 0 Å². The normalized spacial score (nSPS) is 11.7. The number of nitrogens with two attached hydrogens (primary N) is 1. The van der Waals surface area contributed by atoms with Gasteiger partial charge in [0, 0.05) is 19.6 Å². The van der Waals surface area contributed by atoms with Crippen molar-refractivity contribution >= 4 is 38.7 Å². The number of hydrogen-bond donors (Lipinski definition) is 1. The fourth-order valence-electron chi connectivity index (χ4n) is 3.08. The van der Waals surface area contributed by atoms with Crippen LogP contribution in [0.15, 0.2) is 58.6 Å². The number of sulfonamides is 1. The summed E-state index contributed by atoms with van der Waals surface area (Å²) in [7, 11) is -3.79. The van der Waals surface area contributed by atoms with Crippen LogP contribution < -0.4 is 5.14 Å². The van der Waals surface area contributed by atoms with Crippen LogP contribution in [0.1, 0.15) is 19.4 Å². The van der Waals surface area contributed by atoms with Gasteiger partial charge in [0.05, 0.1) is 21.7 Å². The van der Waals surface area contributed by atoms with Gasteiger partial charge in [-0.05, 0) is 37.6 Å². The van der Waals surface area contributed by atoms with E-state index in [9.17, 15) is 13.2 Å². The second-order valence-electron chi connectivity index (χ2n) is 6.52. The van der Waals surface area contributed by atoms with Crippen molar-refractivity contribution in [3.05, 3.63) is 54.1 Å². The molecule has 1 aromatic heterocycles. The third kappa shape index (κ3) is 4.98. The molecular weight excluding hydrogens is 408 g/mol. The summed E-state index contributed by atoms with van der Waals surface area (Å²) < 4.78 is 25.2. The van der Waals surface area contributed by atoms with Gasteiger partial charge in [-0.2, -0.15) is 0 Å². The van der Waals surface area contributed by atoms with Crippen LogP contribution in [0.2, 0.25) is 0 Å². The molecule has 0 unspecified atom stereocenters. The van der Waals surface area contributed by atoms with E-state index in [1.807, 2.05) is 48.7 Å². The standard InChI is InChI=1S/C20H24N4O3S2/c1-3-23(13-15-8-6-5-7-9-15)19(25)14-28-20-22-17-12-16(29(21,26)27)10-11-18(17)24(20)4-2/h5-12H,3-4,13-14H2,1-2H3,(H2,21,26,27). The number of primary sulfonamides is 1. The van der Waals surface area contributed by atoms with E-state index in [1.54, 1.807) is 11.0 Å². The Hall–Kier alpha value is -2.36. The molecule has 1 heterocycles. The van der Waals surface area contributed by atoms with Gasteiger partial charge in [-0.25, -0.2) is 18.5 Å². The Morgan fingerprint density at radius 1 is 1.17 bits per heavy atom. The molecule has 0 atom stereocenters. The van der Waals surface area contributed by atoms with Crippen LogP contribution in [0.4, 0.5) is 0 Å². The topological polar surface area (TPSA) is 98.3 Å². The van der Waals surface area contributed by atoms with E-state index in [0.717, 1.165) is 11.1 Å². The third-order valence-electron chi connectivity index (χ3n) is 4.60. The first-order valence-corrected chi connectivity index (χ1v) is 11.8. The van der Waals surface area contributed by atoms with E-state index < -0.39 is 10.0 Å². The van der Waals surface area contributed by atoms with Crippen molar-refractivity contribution in [1.29, 1.82) is 0 Å². The van der Waals surface area contributed by atoms with Gasteiger partial charge in [-0.15, -0.1) is 0 Å². The minimum Gasteiger partial charge on any atom is -0.338 e. The molecule has 2 N–H and O–H groups in total. The highest BCUT2D eigenvalue weighted by Crippen LogP contribution is 2.26. The van der Waals surface area contributed by atoms with E-state index in [-0.39, 0.29) is 16.6 Å². The maximum Gasteiger partial charge on any atom is 0.238 e. The summed E-state index contributed by atoms with van der Waals surface area (Å²) in [6.07, 6.45) is 0. The molecule has 0 fully saturated rings. The Morgan fingerprint density at radius 2 is 1.90 bits per heavy atom. The number of benzene rings is 2. The number of nitrogens with zero attached hydrogens (tertiary/aromatic N) is 3. The molecule has 29 heavy (non-hydrogen) atoms. The minimum absolute atomic E-state index is 0.0263. The van der Waals surface area contributed by atoms with Gasteiger partial charge in [0.1, 0.15) is 0 Å². The highest BCUT2D eigenvalue weighted by Gasteiger charge is 2.17. The van der Waals surface area contributed by atoms with Gasteiger partial charge in [-0.1, -0.05) is 42.1 Å². The van der Waals surface area contributed by atoms with Crippen LogP contribution >= 0.6 is 11.8 Å². The second-order valence-corrected chi connectivity index (χ2v) is 9.02. The number of rotatable bonds is 8. The van der Waals surface area contributed by atoms with Crippen molar-refractivity contribution in [2.45, 2.75) is 37.0 Å². The molecule has 9 heteroatoms. The van der Waals surface area contributed by atoms with Gasteiger partial charge in [0.25, 0.3) is 0 Å². The summed E-state index contributed by atoms with van der Waals surface area (Å²) in [5, 5.41) is 5.90. The van der Waals surface area contributed by atoms with Crippen LogP contribution in [-0.2, 0) is 27.9 Å². The Balaban J connectivity index is 1.77. The predicted octanol–water partition coefficient (Wildman–Crippen LogP) is 2.84. The Kier molecular flexibility index (Phi) is 6.61. The van der Waals surface area contributed by atoms with Crippen molar-refractivity contribution in [2.24, 2.45) is 5.14 Å². The lowest BCUT2D eigenvalue weighted by Gasteiger charge is -2.20. The summed E-state index contributed by atoms with van der Waals surface area (Å²) in [5.74, 6) is 0.285. The summed E-state index contributed by atoms with van der Waals surface area (Å²) in [4.78, 5) is 19.1. The van der Waals surface area contributed by atoms with E-state index in [0.29, 0.717) is 30.3 Å². The number of aromatic nitrogens is 2. The molecule has 0 aliphatic rings. The molecule has 154 valence electrons. The van der Waals surface area contributed by atoms with Crippen molar-refractivity contribution in [1.82, 2.24) is 14.5 Å². The molecule has 0 radical (unpaired) electrons. The third-order valence-corrected chi connectivity index (χ3v) is 6.48. The number of carbonyl (C=O) groups is 1. The molecule has 0 saturated carbocycles. The number of imidazole rings is 1. The van der Waals surface area contributed by atoms with Crippen LogP contribution in [-0.4, -0.2) is 41.1 Å². The Labute approximate surface area is 175 Å². The van der Waals surface area contributed by atoms with Gasteiger partial charge in [-0.3, -0.25) is 4.79 Å². The summed E-state index contributed by atoms with van der Waals surface area (Å²) >= 11 is 1.35. The molecule has 0 spiro atoms. The summed E-state index contributed by atoms with van der Waals surface area (Å²) in [6.45, 7) is 5.79. The molecule has 0 saturated heterocycles. The zero-order valence-corrected chi connectivity index (χ0v) is 18.0. The maximum absolute atomic E-state index is 12.7. The summed E-state index contributed by atoms with van der Waals surface area (Å²) in [6, 6.07) is 14.5. The fourth-order valence-corrected chi connectivity index (χ4v) is 4.59. The molecular formula is C20H24N4O3S2. The van der Waals surface area contributed by atoms with E-state index in [4.69, 9.17) is 5.14 Å². The zero-order valence-electron chi connectivity index (χ0n) is 16.4. The largest absolute Gasteiger partial charge is 0.338 e. The number of fused-ring (bicyclic) bond motifs is 1. The number of amides is 1. The van der Waals surface area contributed by atoms with Crippen molar-refractivity contribution in [3.8, 4) is 0 Å². The van der Waals surface area contributed by atoms with E-state index >= 15 is 0 Å². The first kappa shape index (κ1) is 21.4. The smallest absolute Gasteiger partial charge is 0.238 e. The van der Waals surface area contributed by atoms with Crippen LogP contribution in [0, 0.1) is 0 Å². The highest BCUT2D eigenvalue weighted by atomic mass is 32.2. The Bertz CT molecular complexity index is 1110. The molecule has 1 amide bonds. The first-order chi connectivity index (χ1) is 13.8. The molecule has 2 aromatic carbocycles. The second kappa shape index (κ2) is 8.98. The number of aryl methyl sites for hydroxylation is 1. The van der Waals surface area contributed by atoms with E-state index in [1.165, 1.54) is 23.9 Å². The number of carbonyl (C=O) groups excluding carboxylic acids is 1. The van der Waals surface area contributed by atoms with Crippen molar-refractivity contribution in [3.63, 3.8) is 0 Å². The molecule has 0 aliphatic heterocycles.